The molecule has 10 rings (SSSR count). The van der Waals surface area contributed by atoms with Gasteiger partial charge in [-0.25, -0.2) is 16.8 Å². The molecule has 4 aliphatic rings. The Hall–Kier alpha value is -6.65. The zero-order valence-electron chi connectivity index (χ0n) is 42.5. The van der Waals surface area contributed by atoms with E-state index in [9.17, 15) is 31.2 Å². The third kappa shape index (κ3) is 9.78. The second-order valence-corrected chi connectivity index (χ2v) is 24.4. The number of nitrogens with zero attached hydrogens (tertiary/aromatic N) is 1. The Labute approximate surface area is 434 Å². The number of hydrogen-bond donors (Lipinski definition) is 4. The summed E-state index contributed by atoms with van der Waals surface area (Å²) in [6.07, 6.45) is 2.67. The van der Waals surface area contributed by atoms with Gasteiger partial charge >= 0.3 is 0 Å². The molecule has 384 valence electrons. The molecule has 0 amide bonds. The number of hydrogen-bond acceptors (Lipinski definition) is 11. The van der Waals surface area contributed by atoms with Crippen molar-refractivity contribution in [3.05, 3.63) is 177 Å². The summed E-state index contributed by atoms with van der Waals surface area (Å²) in [5, 5.41) is 10.9. The molecule has 4 aliphatic heterocycles. The highest BCUT2D eigenvalue weighted by molar-refractivity contribution is 7.93. The van der Waals surface area contributed by atoms with Gasteiger partial charge in [-0.15, -0.1) is 0 Å². The van der Waals surface area contributed by atoms with Gasteiger partial charge in [0.25, 0.3) is 20.0 Å². The number of carbonyl (C=O) groups excluding carboxylic acids is 3. The number of benzene rings is 6. The number of ether oxygens (including phenoxy) is 1. The highest BCUT2D eigenvalue weighted by Crippen LogP contribution is 2.51. The molecule has 4 unspecified atom stereocenters. The van der Waals surface area contributed by atoms with E-state index in [2.05, 4.69) is 20.7 Å². The molecule has 0 saturated carbocycles. The maximum absolute atomic E-state index is 14.2. The van der Waals surface area contributed by atoms with Crippen molar-refractivity contribution >= 4 is 60.1 Å². The fraction of sp³-hybridized carbons (Fsp3) is 0.339. The molecular weight excluding hydrogens is 971 g/mol. The van der Waals surface area contributed by atoms with Gasteiger partial charge in [-0.05, 0) is 135 Å². The number of fused-ring (bicyclic) bond motifs is 6. The first-order valence-electron chi connectivity index (χ1n) is 25.5. The van der Waals surface area contributed by atoms with Crippen LogP contribution in [0.15, 0.2) is 137 Å². The van der Waals surface area contributed by atoms with Crippen molar-refractivity contribution in [2.45, 2.75) is 94.3 Å². The third-order valence-corrected chi connectivity index (χ3v) is 18.8. The molecule has 74 heavy (non-hydrogen) atoms. The quantitative estimate of drug-likeness (QED) is 0.0678. The number of Topliss-reactive ketones (excluding diaryl/α,β-unsaturated/α-hetero) is 3. The van der Waals surface area contributed by atoms with Crippen LogP contribution >= 0.6 is 0 Å². The monoisotopic (exact) mass is 1030 g/mol. The minimum atomic E-state index is -3.95. The fourth-order valence-corrected chi connectivity index (χ4v) is 13.7. The predicted molar refractivity (Wildman–Crippen MR) is 289 cm³/mol. The van der Waals surface area contributed by atoms with E-state index < -0.39 is 20.0 Å². The highest BCUT2D eigenvalue weighted by Gasteiger charge is 2.43. The van der Waals surface area contributed by atoms with Gasteiger partial charge in [0, 0.05) is 82.7 Å². The van der Waals surface area contributed by atoms with Crippen molar-refractivity contribution < 1.29 is 36.0 Å². The molecule has 4 N–H and O–H groups in total. The van der Waals surface area contributed by atoms with Crippen molar-refractivity contribution in [2.75, 3.05) is 39.9 Å². The topological polar surface area (TPSA) is 180 Å². The molecule has 6 aromatic carbocycles. The third-order valence-electron chi connectivity index (χ3n) is 15.7. The van der Waals surface area contributed by atoms with Gasteiger partial charge in [0.1, 0.15) is 0 Å². The van der Waals surface area contributed by atoms with Crippen LogP contribution in [0.1, 0.15) is 136 Å². The van der Waals surface area contributed by atoms with E-state index in [0.717, 1.165) is 64.1 Å². The Morgan fingerprint density at radius 2 is 1.32 bits per heavy atom. The van der Waals surface area contributed by atoms with Crippen molar-refractivity contribution in [3.8, 4) is 0 Å². The minimum Gasteiger partial charge on any atom is -0.378 e. The van der Waals surface area contributed by atoms with E-state index in [0.29, 0.717) is 47.5 Å². The van der Waals surface area contributed by atoms with Gasteiger partial charge < -0.3 is 20.7 Å². The number of carbonyl (C=O) groups is 3. The van der Waals surface area contributed by atoms with Gasteiger partial charge in [-0.1, -0.05) is 87.5 Å². The molecule has 0 bridgehead atoms. The fourth-order valence-electron chi connectivity index (χ4n) is 11.4. The van der Waals surface area contributed by atoms with Crippen molar-refractivity contribution in [2.24, 2.45) is 23.7 Å². The first-order valence-corrected chi connectivity index (χ1v) is 28.5. The Bertz CT molecular complexity index is 3400. The summed E-state index contributed by atoms with van der Waals surface area (Å²) in [7, 11) is -6.31. The molecule has 7 atom stereocenters. The van der Waals surface area contributed by atoms with Crippen LogP contribution in [0.3, 0.4) is 0 Å². The molecule has 6 aromatic rings. The Kier molecular flexibility index (Phi) is 13.9. The Balaban J connectivity index is 0.766. The lowest BCUT2D eigenvalue weighted by atomic mass is 9.80. The average molecular weight is 1030 g/mol. The molecular formula is C59H63N5O8S2. The van der Waals surface area contributed by atoms with Crippen LogP contribution in [-0.4, -0.2) is 54.4 Å². The van der Waals surface area contributed by atoms with Crippen molar-refractivity contribution in [1.82, 2.24) is 5.32 Å². The zero-order valence-corrected chi connectivity index (χ0v) is 44.1. The van der Waals surface area contributed by atoms with E-state index in [-0.39, 0.29) is 75.0 Å². The second kappa shape index (κ2) is 20.2. The van der Waals surface area contributed by atoms with Crippen molar-refractivity contribution in [1.29, 1.82) is 0 Å². The summed E-state index contributed by atoms with van der Waals surface area (Å²) >= 11 is 0. The number of ketones is 3. The zero-order chi connectivity index (χ0) is 52.2. The highest BCUT2D eigenvalue weighted by atomic mass is 32.2. The molecule has 0 spiro atoms. The van der Waals surface area contributed by atoms with Crippen LogP contribution in [0.25, 0.3) is 0 Å². The van der Waals surface area contributed by atoms with Gasteiger partial charge in [0.2, 0.25) is 0 Å². The molecule has 4 heterocycles. The van der Waals surface area contributed by atoms with Crippen LogP contribution in [0.4, 0.5) is 22.7 Å². The number of anilines is 4. The van der Waals surface area contributed by atoms with Gasteiger partial charge in [-0.2, -0.15) is 0 Å². The molecule has 0 radical (unpaired) electrons. The molecule has 2 fully saturated rings. The van der Waals surface area contributed by atoms with Crippen LogP contribution in [0, 0.1) is 30.6 Å². The van der Waals surface area contributed by atoms with E-state index in [4.69, 9.17) is 4.74 Å². The molecule has 15 heteroatoms. The molecule has 13 nitrogen and oxygen atoms in total. The summed E-state index contributed by atoms with van der Waals surface area (Å²) < 4.78 is 65.8. The number of sulfonamides is 2. The summed E-state index contributed by atoms with van der Waals surface area (Å²) in [5.41, 5.74) is 10.0. The van der Waals surface area contributed by atoms with Crippen LogP contribution in [0.5, 0.6) is 0 Å². The van der Waals surface area contributed by atoms with Gasteiger partial charge in [0.05, 0.1) is 33.7 Å². The van der Waals surface area contributed by atoms with E-state index in [1.54, 1.807) is 55.6 Å². The van der Waals surface area contributed by atoms with E-state index in [1.807, 2.05) is 100 Å². The summed E-state index contributed by atoms with van der Waals surface area (Å²) in [5.74, 6) is -0.115. The molecule has 2 saturated heterocycles. The minimum absolute atomic E-state index is 0.0488. The summed E-state index contributed by atoms with van der Waals surface area (Å²) in [6, 6.07) is 37.9. The standard InChI is InChI=1S/C59H63N5O8S2/c1-34(2)57(66)41-16-12-40(13-17-41)55-49-27-29-72-59(49)51-33-47(23-25-53(51)62-55)74(70,71)64(6)45-21-20-38(36(4)30-45)11-10-35(3)58(67)42-18-14-39(15-19-42)54-48-26-28-60-56(48)50-32-46(22-24-52(50)61-54)73(68,69)63-44-9-7-8-43(31-44)37(5)65/h7-9,12-25,30-35,48-49,54-56,59-63H,10-11,26-29H2,1-6H3/t35?,48?,49-,54?,55+,56?,59-/m0/s1. The number of aryl methyl sites for hydroxylation is 2. The normalized spacial score (nSPS) is 21.3. The van der Waals surface area contributed by atoms with Gasteiger partial charge in [0.15, 0.2) is 17.3 Å². The second-order valence-electron chi connectivity index (χ2n) is 20.8. The lowest BCUT2D eigenvalue weighted by Gasteiger charge is -2.37. The smallest absolute Gasteiger partial charge is 0.264 e. The van der Waals surface area contributed by atoms with Crippen LogP contribution < -0.4 is 25.0 Å². The largest absolute Gasteiger partial charge is 0.378 e. The SMILES string of the molecule is CC(=O)c1cccc(NS(=O)(=O)c2ccc3c(c2)C2NCCC2C(c2ccc(C(=O)C(C)CCc4ccc(N(C)S(=O)(=O)c5ccc6c(c5)[C@H]5OCC[C@H]5[C@@H](c5ccc(C(=O)C(C)C)cc5)N6)cc4C)cc2)N3)c1. The summed E-state index contributed by atoms with van der Waals surface area (Å²) in [6.45, 7) is 10.5. The predicted octanol–water partition coefficient (Wildman–Crippen LogP) is 11.2. The van der Waals surface area contributed by atoms with Crippen LogP contribution in [0.2, 0.25) is 0 Å². The van der Waals surface area contributed by atoms with E-state index >= 15 is 0 Å². The van der Waals surface area contributed by atoms with Crippen LogP contribution in [-0.2, 0) is 31.2 Å². The number of rotatable bonds is 16. The molecule has 0 aromatic heterocycles. The Morgan fingerprint density at radius 3 is 1.99 bits per heavy atom. The summed E-state index contributed by atoms with van der Waals surface area (Å²) in [4.78, 5) is 38.7. The van der Waals surface area contributed by atoms with Gasteiger partial charge in [-0.3, -0.25) is 23.4 Å². The first kappa shape index (κ1) is 50.9. The Morgan fingerprint density at radius 1 is 0.689 bits per heavy atom. The number of nitrogens with one attached hydrogen (secondary N) is 4. The first-order chi connectivity index (χ1) is 35.4. The lowest BCUT2D eigenvalue weighted by molar-refractivity contribution is 0.0827. The average Bonchev–Trinajstić information content (AvgIpc) is 4.12. The van der Waals surface area contributed by atoms with E-state index in [1.165, 1.54) is 17.3 Å². The maximum Gasteiger partial charge on any atom is 0.264 e. The van der Waals surface area contributed by atoms with Crippen molar-refractivity contribution in [3.63, 3.8) is 0 Å². The lowest BCUT2D eigenvalue weighted by Crippen LogP contribution is -2.32. The molecule has 0 aliphatic carbocycles. The maximum atomic E-state index is 14.2.